The van der Waals surface area contributed by atoms with Gasteiger partial charge in [-0.3, -0.25) is 5.10 Å². The molecule has 0 bridgehead atoms. The fourth-order valence-electron chi connectivity index (χ4n) is 3.35. The van der Waals surface area contributed by atoms with Crippen LogP contribution in [-0.2, 0) is 0 Å². The highest BCUT2D eigenvalue weighted by atomic mass is 19.1. The van der Waals surface area contributed by atoms with Crippen molar-refractivity contribution in [2.45, 2.75) is 45.3 Å². The van der Waals surface area contributed by atoms with E-state index in [9.17, 15) is 4.39 Å². The number of anilines is 3. The van der Waals surface area contributed by atoms with Gasteiger partial charge in [-0.25, -0.2) is 14.4 Å². The maximum atomic E-state index is 13.2. The van der Waals surface area contributed by atoms with Crippen molar-refractivity contribution >= 4 is 28.6 Å². The summed E-state index contributed by atoms with van der Waals surface area (Å²) in [6, 6.07) is 9.57. The predicted octanol–water partition coefficient (Wildman–Crippen LogP) is 4.44. The third-order valence-corrected chi connectivity index (χ3v) is 5.36. The molecule has 9 nitrogen and oxygen atoms in total. The number of nitrogens with two attached hydrogens (primary N) is 1. The maximum Gasteiger partial charge on any atom is 0.227 e. The third-order valence-electron chi connectivity index (χ3n) is 5.36. The first-order chi connectivity index (χ1) is 16.1. The number of hydrogen-bond donors (Lipinski definition) is 4. The van der Waals surface area contributed by atoms with Gasteiger partial charge in [0.1, 0.15) is 12.0 Å². The van der Waals surface area contributed by atoms with Crippen LogP contribution in [0, 0.1) is 0 Å². The normalized spacial score (nSPS) is 17.3. The Kier molecular flexibility index (Phi) is 7.94. The maximum absolute atomic E-state index is 13.2. The number of aromatic amines is 2. The van der Waals surface area contributed by atoms with Gasteiger partial charge in [-0.1, -0.05) is 13.8 Å². The molecule has 10 heteroatoms. The molecule has 0 spiro atoms. The van der Waals surface area contributed by atoms with Gasteiger partial charge in [0, 0.05) is 37.1 Å². The number of halogens is 1. The number of aromatic nitrogens is 6. The molecule has 0 aliphatic heterocycles. The molecule has 1 saturated carbocycles. The molecular weight excluding hydrogens is 421 g/mol. The van der Waals surface area contributed by atoms with Crippen LogP contribution in [0.3, 0.4) is 0 Å². The van der Waals surface area contributed by atoms with Crippen molar-refractivity contribution in [3.05, 3.63) is 54.1 Å². The average Bonchev–Trinajstić information content (AvgIpc) is 3.21. The van der Waals surface area contributed by atoms with Gasteiger partial charge >= 0.3 is 0 Å². The number of pyridine rings is 1. The molecule has 0 unspecified atom stereocenters. The van der Waals surface area contributed by atoms with Crippen molar-refractivity contribution in [3.8, 4) is 0 Å². The van der Waals surface area contributed by atoms with E-state index < -0.39 is 6.17 Å². The van der Waals surface area contributed by atoms with E-state index in [-0.39, 0.29) is 12.0 Å². The van der Waals surface area contributed by atoms with Gasteiger partial charge in [0.2, 0.25) is 5.95 Å². The number of fused-ring (bicyclic) bond motifs is 1. The van der Waals surface area contributed by atoms with Crippen LogP contribution in [0.4, 0.5) is 22.0 Å². The van der Waals surface area contributed by atoms with E-state index in [0.29, 0.717) is 24.0 Å². The van der Waals surface area contributed by atoms with Crippen molar-refractivity contribution in [1.29, 1.82) is 0 Å². The Hall–Kier alpha value is -3.53. The Balaban J connectivity index is 0.000000728. The van der Waals surface area contributed by atoms with E-state index in [0.717, 1.165) is 22.4 Å². The van der Waals surface area contributed by atoms with Gasteiger partial charge in [-0.05, 0) is 44.7 Å². The fraction of sp³-hybridized carbons (Fsp3) is 0.391. The molecule has 4 aromatic heterocycles. The first-order valence-electron chi connectivity index (χ1n) is 11.1. The Bertz CT molecular complexity index is 1160. The first kappa shape index (κ1) is 24.1. The van der Waals surface area contributed by atoms with Gasteiger partial charge < -0.3 is 20.9 Å². The van der Waals surface area contributed by atoms with Crippen LogP contribution in [0.2, 0.25) is 0 Å². The van der Waals surface area contributed by atoms with Crippen LogP contribution in [0.25, 0.3) is 11.0 Å². The van der Waals surface area contributed by atoms with Crippen molar-refractivity contribution < 1.29 is 4.39 Å². The second-order valence-electron chi connectivity index (χ2n) is 7.37. The largest absolute Gasteiger partial charge is 0.360 e. The lowest BCUT2D eigenvalue weighted by Gasteiger charge is -2.24. The number of nitrogens with zero attached hydrogens (tertiary/aromatic N) is 5. The average molecular weight is 454 g/mol. The molecule has 1 aliphatic carbocycles. The summed E-state index contributed by atoms with van der Waals surface area (Å²) in [4.78, 5) is 18.8. The van der Waals surface area contributed by atoms with Gasteiger partial charge in [-0.2, -0.15) is 10.1 Å². The minimum atomic E-state index is -0.761. The molecule has 1 fully saturated rings. The summed E-state index contributed by atoms with van der Waals surface area (Å²) in [5.41, 5.74) is 8.18. The standard InChI is InChI=1S/C20H21FN8.C2H6.CH5N/c1-11(14-3-4-15-16(24-14)5-7-22-15)29(2)20-23-8-6-18(26-20)25-19-10-17(27-28-19)12-9-13(12)21;2*1-2/h3-8,10-13,22H,9H2,1-2H3,(H2,23,25,26,27,28);1-2H3;2H2,1H3/t11-,12+,13-;;/m0../s1. The highest BCUT2D eigenvalue weighted by Crippen LogP contribution is 2.43. The summed E-state index contributed by atoms with van der Waals surface area (Å²) in [5, 5.41) is 10.2. The van der Waals surface area contributed by atoms with Gasteiger partial charge in [0.25, 0.3) is 0 Å². The van der Waals surface area contributed by atoms with E-state index in [1.807, 2.05) is 56.3 Å². The monoisotopic (exact) mass is 453 g/mol. The van der Waals surface area contributed by atoms with Crippen LogP contribution in [0.5, 0.6) is 0 Å². The zero-order chi connectivity index (χ0) is 24.0. The minimum absolute atomic E-state index is 0.0158. The van der Waals surface area contributed by atoms with E-state index in [4.69, 9.17) is 4.98 Å². The second kappa shape index (κ2) is 10.9. The summed E-state index contributed by atoms with van der Waals surface area (Å²) >= 11 is 0. The second-order valence-corrected chi connectivity index (χ2v) is 7.37. The summed E-state index contributed by atoms with van der Waals surface area (Å²) in [6.45, 7) is 6.06. The van der Waals surface area contributed by atoms with Crippen LogP contribution in [0.15, 0.2) is 42.7 Å². The van der Waals surface area contributed by atoms with Crippen molar-refractivity contribution in [2.24, 2.45) is 5.73 Å². The summed E-state index contributed by atoms with van der Waals surface area (Å²) in [6.07, 6.45) is 3.38. The Morgan fingerprint density at radius 2 is 1.91 bits per heavy atom. The van der Waals surface area contributed by atoms with Crippen LogP contribution < -0.4 is 16.0 Å². The fourth-order valence-corrected chi connectivity index (χ4v) is 3.35. The van der Waals surface area contributed by atoms with Crippen LogP contribution in [-0.4, -0.2) is 50.4 Å². The summed E-state index contributed by atoms with van der Waals surface area (Å²) in [5.74, 6) is 1.74. The lowest BCUT2D eigenvalue weighted by Crippen LogP contribution is -2.24. The molecule has 1 aliphatic rings. The summed E-state index contributed by atoms with van der Waals surface area (Å²) < 4.78 is 13.2. The lowest BCUT2D eigenvalue weighted by atomic mass is 10.2. The highest BCUT2D eigenvalue weighted by Gasteiger charge is 2.40. The Labute approximate surface area is 193 Å². The Morgan fingerprint density at radius 3 is 2.64 bits per heavy atom. The number of alkyl halides is 1. The van der Waals surface area contributed by atoms with Gasteiger partial charge in [0.15, 0.2) is 5.82 Å². The molecule has 5 rings (SSSR count). The highest BCUT2D eigenvalue weighted by molar-refractivity contribution is 5.74. The van der Waals surface area contributed by atoms with Gasteiger partial charge in [0.05, 0.1) is 22.8 Å². The number of rotatable bonds is 6. The summed E-state index contributed by atoms with van der Waals surface area (Å²) in [7, 11) is 3.44. The molecule has 3 atom stereocenters. The third kappa shape index (κ3) is 5.46. The lowest BCUT2D eigenvalue weighted by molar-refractivity contribution is 0.466. The molecule has 33 heavy (non-hydrogen) atoms. The molecule has 4 aromatic rings. The quantitative estimate of drug-likeness (QED) is 0.340. The molecule has 176 valence electrons. The van der Waals surface area contributed by atoms with E-state index in [1.165, 1.54) is 7.05 Å². The number of H-pyrrole nitrogens is 2. The smallest absolute Gasteiger partial charge is 0.227 e. The van der Waals surface area contributed by atoms with E-state index >= 15 is 0 Å². The molecule has 0 amide bonds. The molecule has 5 N–H and O–H groups in total. The Morgan fingerprint density at radius 1 is 1.15 bits per heavy atom. The van der Waals surface area contributed by atoms with Crippen LogP contribution >= 0.6 is 0 Å². The molecule has 4 heterocycles. The molecular formula is C23H32FN9. The first-order valence-corrected chi connectivity index (χ1v) is 11.1. The minimum Gasteiger partial charge on any atom is -0.360 e. The topological polar surface area (TPSA) is 124 Å². The molecule has 0 radical (unpaired) electrons. The zero-order valence-corrected chi connectivity index (χ0v) is 19.7. The zero-order valence-electron chi connectivity index (χ0n) is 19.7. The van der Waals surface area contributed by atoms with E-state index in [2.05, 4.69) is 43.1 Å². The molecule has 0 saturated heterocycles. The van der Waals surface area contributed by atoms with Gasteiger partial charge in [-0.15, -0.1) is 0 Å². The number of nitrogens with one attached hydrogen (secondary N) is 3. The van der Waals surface area contributed by atoms with Crippen molar-refractivity contribution in [3.63, 3.8) is 0 Å². The predicted molar refractivity (Wildman–Crippen MR) is 131 cm³/mol. The van der Waals surface area contributed by atoms with Crippen molar-refractivity contribution in [2.75, 3.05) is 24.3 Å². The van der Waals surface area contributed by atoms with Crippen molar-refractivity contribution in [1.82, 2.24) is 30.1 Å². The number of hydrogen-bond acceptors (Lipinski definition) is 7. The molecule has 0 aromatic carbocycles. The SMILES string of the molecule is CC.CN.C[C@@H](c1ccc2[nH]ccc2n1)N(C)c1nccc(Nc2cc([C@@H]3C[C@@H]3F)[nH]n2)n1. The van der Waals surface area contributed by atoms with E-state index in [1.54, 1.807) is 12.3 Å². The van der Waals surface area contributed by atoms with Crippen LogP contribution in [0.1, 0.15) is 50.5 Å².